The average Bonchev–Trinajstić information content (AvgIpc) is 1.94. The van der Waals surface area contributed by atoms with Gasteiger partial charge < -0.3 is 15.8 Å². The van der Waals surface area contributed by atoms with Crippen LogP contribution in [0.25, 0.3) is 0 Å². The normalized spacial score (nSPS) is 13.1. The van der Waals surface area contributed by atoms with Gasteiger partial charge in [-0.2, -0.15) is 0 Å². The maximum absolute atomic E-state index is 11.7. The molecule has 2 amide bonds. The van der Waals surface area contributed by atoms with E-state index in [9.17, 15) is 9.59 Å². The maximum atomic E-state index is 11.7. The van der Waals surface area contributed by atoms with E-state index in [4.69, 9.17) is 10.5 Å². The molecule has 0 aromatic heterocycles. The second kappa shape index (κ2) is 5.16. The van der Waals surface area contributed by atoms with E-state index < -0.39 is 22.6 Å². The highest BCUT2D eigenvalue weighted by atomic mass is 16.6. The third kappa shape index (κ3) is 6.47. The van der Waals surface area contributed by atoms with Gasteiger partial charge >= 0.3 is 6.09 Å². The summed E-state index contributed by atoms with van der Waals surface area (Å²) in [5, 5.41) is 2.75. The minimum Gasteiger partial charge on any atom is -0.444 e. The third-order valence-electron chi connectivity index (χ3n) is 2.39. The van der Waals surface area contributed by atoms with Gasteiger partial charge in [-0.1, -0.05) is 13.8 Å². The molecule has 0 heterocycles. The van der Waals surface area contributed by atoms with E-state index in [1.165, 1.54) is 0 Å². The van der Waals surface area contributed by atoms with Gasteiger partial charge in [-0.15, -0.1) is 0 Å². The zero-order valence-electron chi connectivity index (χ0n) is 12.5. The van der Waals surface area contributed by atoms with E-state index in [1.54, 1.807) is 34.6 Å². The maximum Gasteiger partial charge on any atom is 0.408 e. The van der Waals surface area contributed by atoms with Crippen molar-refractivity contribution >= 4 is 12.0 Å². The summed E-state index contributed by atoms with van der Waals surface area (Å²) < 4.78 is 5.18. The first kappa shape index (κ1) is 16.7. The minimum atomic E-state index is -0.682. The lowest BCUT2D eigenvalue weighted by Gasteiger charge is -2.34. The molecule has 0 aliphatic rings. The van der Waals surface area contributed by atoms with Gasteiger partial charge in [0.2, 0.25) is 5.91 Å². The Morgan fingerprint density at radius 1 is 1.06 bits per heavy atom. The summed E-state index contributed by atoms with van der Waals surface area (Å²) in [6, 6.07) is 0. The highest BCUT2D eigenvalue weighted by molar-refractivity contribution is 5.80. The Morgan fingerprint density at radius 2 is 1.50 bits per heavy atom. The number of primary amides is 1. The summed E-state index contributed by atoms with van der Waals surface area (Å²) in [6.45, 7) is 12.6. The van der Waals surface area contributed by atoms with Crippen LogP contribution in [0.4, 0.5) is 4.79 Å². The van der Waals surface area contributed by atoms with Gasteiger partial charge in [-0.05, 0) is 41.0 Å². The lowest BCUT2D eigenvalue weighted by molar-refractivity contribution is -0.127. The summed E-state index contributed by atoms with van der Waals surface area (Å²) in [5.74, 6) is -0.387. The van der Waals surface area contributed by atoms with Crippen LogP contribution in [0.15, 0.2) is 0 Å². The second-order valence-electron chi connectivity index (χ2n) is 6.94. The number of carbonyl (C=O) groups excluding carboxylic acids is 2. The number of hydrogen-bond acceptors (Lipinski definition) is 3. The van der Waals surface area contributed by atoms with Crippen LogP contribution in [0.2, 0.25) is 0 Å². The molecule has 0 radical (unpaired) electrons. The van der Waals surface area contributed by atoms with Crippen LogP contribution in [0.5, 0.6) is 0 Å². The molecule has 0 aliphatic carbocycles. The van der Waals surface area contributed by atoms with Crippen molar-refractivity contribution in [1.29, 1.82) is 0 Å². The molecule has 5 nitrogen and oxygen atoms in total. The van der Waals surface area contributed by atoms with Gasteiger partial charge in [-0.25, -0.2) is 4.79 Å². The second-order valence-corrected chi connectivity index (χ2v) is 6.94. The lowest BCUT2D eigenvalue weighted by atomic mass is 9.79. The third-order valence-corrected chi connectivity index (χ3v) is 2.39. The smallest absolute Gasteiger partial charge is 0.408 e. The predicted octanol–water partition coefficient (Wildman–Crippen LogP) is 2.19. The van der Waals surface area contributed by atoms with Crippen molar-refractivity contribution in [2.24, 2.45) is 11.1 Å². The van der Waals surface area contributed by atoms with Gasteiger partial charge in [-0.3, -0.25) is 4.79 Å². The van der Waals surface area contributed by atoms with Gasteiger partial charge in [0.15, 0.2) is 0 Å². The highest BCUT2D eigenvalue weighted by Crippen LogP contribution is 2.27. The molecule has 0 fully saturated rings. The van der Waals surface area contributed by atoms with E-state index in [1.807, 2.05) is 13.8 Å². The van der Waals surface area contributed by atoms with Gasteiger partial charge in [0.1, 0.15) is 5.60 Å². The number of carbonyl (C=O) groups is 2. The van der Waals surface area contributed by atoms with Crippen molar-refractivity contribution in [3.05, 3.63) is 0 Å². The van der Waals surface area contributed by atoms with E-state index in [0.29, 0.717) is 6.42 Å². The molecule has 0 saturated heterocycles. The Bertz CT molecular complexity index is 328. The van der Waals surface area contributed by atoms with Crippen molar-refractivity contribution in [3.8, 4) is 0 Å². The molecule has 0 bridgehead atoms. The van der Waals surface area contributed by atoms with Gasteiger partial charge in [0.25, 0.3) is 0 Å². The Hall–Kier alpha value is -1.26. The van der Waals surface area contributed by atoms with Crippen LogP contribution in [-0.2, 0) is 9.53 Å². The van der Waals surface area contributed by atoms with Crippen molar-refractivity contribution in [1.82, 2.24) is 5.32 Å². The van der Waals surface area contributed by atoms with E-state index in [0.717, 1.165) is 0 Å². The standard InChI is InChI=1S/C13H26N2O3/c1-11(2,3)18-10(17)15-13(6,7)8-12(4,5)9(14)16/h8H2,1-7H3,(H2,14,16)(H,15,17). The van der Waals surface area contributed by atoms with Crippen molar-refractivity contribution in [3.63, 3.8) is 0 Å². The molecular formula is C13H26N2O3. The monoisotopic (exact) mass is 258 g/mol. The fourth-order valence-corrected chi connectivity index (χ4v) is 1.82. The molecule has 0 aromatic carbocycles. The molecule has 0 atom stereocenters. The molecule has 106 valence electrons. The Balaban J connectivity index is 4.58. The fraction of sp³-hybridized carbons (Fsp3) is 0.846. The van der Waals surface area contributed by atoms with Crippen LogP contribution >= 0.6 is 0 Å². The number of amides is 2. The Labute approximate surface area is 109 Å². The number of nitrogens with two attached hydrogens (primary N) is 1. The van der Waals surface area contributed by atoms with Crippen LogP contribution < -0.4 is 11.1 Å². The summed E-state index contributed by atoms with van der Waals surface area (Å²) in [5.41, 5.74) is 3.53. The van der Waals surface area contributed by atoms with Crippen molar-refractivity contribution in [2.45, 2.75) is 66.0 Å². The molecule has 0 spiro atoms. The van der Waals surface area contributed by atoms with E-state index in [2.05, 4.69) is 5.32 Å². The van der Waals surface area contributed by atoms with Crippen molar-refractivity contribution < 1.29 is 14.3 Å². The van der Waals surface area contributed by atoms with Gasteiger partial charge in [0, 0.05) is 11.0 Å². The fourth-order valence-electron chi connectivity index (χ4n) is 1.82. The number of rotatable bonds is 4. The predicted molar refractivity (Wildman–Crippen MR) is 71.0 cm³/mol. The zero-order valence-corrected chi connectivity index (χ0v) is 12.5. The molecule has 0 aliphatic heterocycles. The Kier molecular flexibility index (Phi) is 4.80. The zero-order chi connectivity index (χ0) is 14.8. The lowest BCUT2D eigenvalue weighted by Crippen LogP contribution is -2.50. The molecule has 18 heavy (non-hydrogen) atoms. The van der Waals surface area contributed by atoms with Crippen LogP contribution in [0.3, 0.4) is 0 Å². The highest BCUT2D eigenvalue weighted by Gasteiger charge is 2.35. The first-order chi connectivity index (χ1) is 7.75. The summed E-state index contributed by atoms with van der Waals surface area (Å²) in [6.07, 6.45) is -0.0537. The molecule has 0 saturated carbocycles. The topological polar surface area (TPSA) is 81.4 Å². The molecule has 0 aromatic rings. The number of alkyl carbamates (subject to hydrolysis) is 1. The summed E-state index contributed by atoms with van der Waals surface area (Å²) >= 11 is 0. The van der Waals surface area contributed by atoms with Crippen molar-refractivity contribution in [2.75, 3.05) is 0 Å². The minimum absolute atomic E-state index is 0.387. The first-order valence-corrected chi connectivity index (χ1v) is 6.06. The number of nitrogens with one attached hydrogen (secondary N) is 1. The van der Waals surface area contributed by atoms with Crippen LogP contribution in [0.1, 0.15) is 54.9 Å². The van der Waals surface area contributed by atoms with Gasteiger partial charge in [0.05, 0.1) is 0 Å². The largest absolute Gasteiger partial charge is 0.444 e. The number of hydrogen-bond donors (Lipinski definition) is 2. The summed E-state index contributed by atoms with van der Waals surface area (Å²) in [4.78, 5) is 23.0. The van der Waals surface area contributed by atoms with E-state index in [-0.39, 0.29) is 5.91 Å². The molecule has 0 unspecified atom stereocenters. The number of ether oxygens (including phenoxy) is 1. The molecule has 5 heteroatoms. The van der Waals surface area contributed by atoms with E-state index >= 15 is 0 Å². The molecule has 0 rings (SSSR count). The Morgan fingerprint density at radius 3 is 1.83 bits per heavy atom. The average molecular weight is 258 g/mol. The molecular weight excluding hydrogens is 232 g/mol. The molecule has 3 N–H and O–H groups in total. The van der Waals surface area contributed by atoms with Crippen LogP contribution in [-0.4, -0.2) is 23.1 Å². The first-order valence-electron chi connectivity index (χ1n) is 6.06. The SMILES string of the molecule is CC(C)(CC(C)(C)C(N)=O)NC(=O)OC(C)(C)C. The summed E-state index contributed by atoms with van der Waals surface area (Å²) in [7, 11) is 0. The quantitative estimate of drug-likeness (QED) is 0.811. The van der Waals surface area contributed by atoms with Crippen LogP contribution in [0, 0.1) is 5.41 Å².